The molecule has 0 aromatic heterocycles. The molecular weight excluding hydrogens is 206 g/mol. The van der Waals surface area contributed by atoms with Crippen molar-refractivity contribution >= 4 is 0 Å². The van der Waals surface area contributed by atoms with Crippen LogP contribution in [0.4, 0.5) is 0 Å². The molecule has 17 heavy (non-hydrogen) atoms. The molecule has 0 amide bonds. The first-order valence-electron chi connectivity index (χ1n) is 7.25. The lowest BCUT2D eigenvalue weighted by Gasteiger charge is -2.46. The molecule has 2 aliphatic carbocycles. The fraction of sp³-hybridized carbons (Fsp3) is 0.875. The van der Waals surface area contributed by atoms with Crippen molar-refractivity contribution in [2.45, 2.75) is 59.4 Å². The van der Waals surface area contributed by atoms with Gasteiger partial charge in [-0.1, -0.05) is 38.8 Å². The predicted molar refractivity (Wildman–Crippen MR) is 75.2 cm³/mol. The highest BCUT2D eigenvalue weighted by Crippen LogP contribution is 2.56. The molecule has 0 aliphatic heterocycles. The highest BCUT2D eigenvalue weighted by molar-refractivity contribution is 5.19. The van der Waals surface area contributed by atoms with E-state index in [4.69, 9.17) is 5.32 Å². The Morgan fingerprint density at radius 1 is 1.35 bits per heavy atom. The van der Waals surface area contributed by atoms with Crippen molar-refractivity contribution in [1.29, 1.82) is 0 Å². The Morgan fingerprint density at radius 3 is 2.65 bits per heavy atom. The summed E-state index contributed by atoms with van der Waals surface area (Å²) in [5.41, 5.74) is 2.03. The summed E-state index contributed by atoms with van der Waals surface area (Å²) in [4.78, 5) is 0. The van der Waals surface area contributed by atoms with Crippen molar-refractivity contribution in [2.75, 3.05) is 7.05 Å². The van der Waals surface area contributed by atoms with Crippen molar-refractivity contribution in [3.05, 3.63) is 17.0 Å². The molecule has 4 atom stereocenters. The molecule has 0 heterocycles. The fourth-order valence-corrected chi connectivity index (χ4v) is 4.27. The molecule has 0 aromatic rings. The van der Waals surface area contributed by atoms with Crippen LogP contribution in [0.5, 0.6) is 0 Å². The highest BCUT2D eigenvalue weighted by Gasteiger charge is 2.46. The van der Waals surface area contributed by atoms with Crippen LogP contribution in [0, 0.1) is 23.2 Å². The SMILES string of the molecule is C[N-][C@@H]1CCC(C)=C[C@@H]2[C@@H](C(C)C)CC[C@]21C. The monoisotopic (exact) mass is 234 g/mol. The standard InChI is InChI=1S/C16H28N/c1-11(2)13-8-9-16(4)14(13)10-12(3)6-7-15(16)17-5/h10-11,13-15H,6-9H2,1-5H3/q-1/t13-,14-,15-,16-/m1/s1. The molecule has 2 aliphatic rings. The minimum Gasteiger partial charge on any atom is -0.662 e. The lowest BCUT2D eigenvalue weighted by Crippen LogP contribution is -2.35. The molecule has 1 nitrogen and oxygen atoms in total. The van der Waals surface area contributed by atoms with Crippen LogP contribution in [0.3, 0.4) is 0 Å². The van der Waals surface area contributed by atoms with Crippen molar-refractivity contribution in [3.8, 4) is 0 Å². The van der Waals surface area contributed by atoms with E-state index in [-0.39, 0.29) is 0 Å². The summed E-state index contributed by atoms with van der Waals surface area (Å²) in [7, 11) is 2.02. The Balaban J connectivity index is 2.33. The quantitative estimate of drug-likeness (QED) is 0.610. The molecule has 0 spiro atoms. The number of rotatable bonds is 2. The molecule has 0 N–H and O–H groups in total. The summed E-state index contributed by atoms with van der Waals surface area (Å²) in [6.45, 7) is 9.59. The lowest BCUT2D eigenvalue weighted by atomic mass is 9.70. The molecule has 0 unspecified atom stereocenters. The van der Waals surface area contributed by atoms with Crippen molar-refractivity contribution in [2.24, 2.45) is 23.2 Å². The van der Waals surface area contributed by atoms with Crippen LogP contribution in [0.2, 0.25) is 0 Å². The third-order valence-electron chi connectivity index (χ3n) is 5.44. The molecule has 2 rings (SSSR count). The Bertz CT molecular complexity index is 305. The second kappa shape index (κ2) is 4.76. The summed E-state index contributed by atoms with van der Waals surface area (Å²) in [5.74, 6) is 2.44. The van der Waals surface area contributed by atoms with Gasteiger partial charge in [0.1, 0.15) is 0 Å². The number of allylic oxidation sites excluding steroid dienone is 2. The molecule has 0 aromatic carbocycles. The van der Waals surface area contributed by atoms with Gasteiger partial charge in [-0.15, -0.1) is 6.04 Å². The Morgan fingerprint density at radius 2 is 2.06 bits per heavy atom. The van der Waals surface area contributed by atoms with Gasteiger partial charge in [0.05, 0.1) is 0 Å². The van der Waals surface area contributed by atoms with Gasteiger partial charge in [-0.3, -0.25) is 0 Å². The van der Waals surface area contributed by atoms with Crippen molar-refractivity contribution in [1.82, 2.24) is 0 Å². The maximum Gasteiger partial charge on any atom is -0.0160 e. The minimum absolute atomic E-state index is 0.432. The van der Waals surface area contributed by atoms with E-state index >= 15 is 0 Å². The number of hydrogen-bond donors (Lipinski definition) is 0. The van der Waals surface area contributed by atoms with E-state index in [0.717, 1.165) is 17.8 Å². The first-order chi connectivity index (χ1) is 7.99. The fourth-order valence-electron chi connectivity index (χ4n) is 4.27. The van der Waals surface area contributed by atoms with E-state index in [2.05, 4.69) is 33.8 Å². The van der Waals surface area contributed by atoms with E-state index < -0.39 is 0 Å². The van der Waals surface area contributed by atoms with E-state index in [1.165, 1.54) is 25.7 Å². The average molecular weight is 234 g/mol. The first-order valence-corrected chi connectivity index (χ1v) is 7.25. The molecule has 1 fully saturated rings. The highest BCUT2D eigenvalue weighted by atomic mass is 14.9. The van der Waals surface area contributed by atoms with Crippen LogP contribution in [0.25, 0.3) is 5.32 Å². The van der Waals surface area contributed by atoms with E-state index in [9.17, 15) is 0 Å². The van der Waals surface area contributed by atoms with E-state index in [1.807, 2.05) is 7.05 Å². The lowest BCUT2D eigenvalue weighted by molar-refractivity contribution is 0.187. The average Bonchev–Trinajstić information content (AvgIpc) is 2.52. The molecule has 0 radical (unpaired) electrons. The van der Waals surface area contributed by atoms with Crippen LogP contribution >= 0.6 is 0 Å². The normalized spacial score (nSPS) is 42.2. The van der Waals surface area contributed by atoms with Gasteiger partial charge >= 0.3 is 0 Å². The second-order valence-corrected chi connectivity index (χ2v) is 6.80. The zero-order chi connectivity index (χ0) is 12.6. The summed E-state index contributed by atoms with van der Waals surface area (Å²) in [5, 5.41) is 4.72. The van der Waals surface area contributed by atoms with Gasteiger partial charge in [-0.2, -0.15) is 7.05 Å². The van der Waals surface area contributed by atoms with Crippen LogP contribution in [0.15, 0.2) is 11.6 Å². The van der Waals surface area contributed by atoms with Crippen LogP contribution in [-0.2, 0) is 0 Å². The first kappa shape index (κ1) is 13.1. The maximum absolute atomic E-state index is 4.72. The molecular formula is C16H28N-. The van der Waals surface area contributed by atoms with E-state index in [0.29, 0.717) is 11.5 Å². The molecule has 0 bridgehead atoms. The van der Waals surface area contributed by atoms with Gasteiger partial charge in [-0.05, 0) is 49.4 Å². The van der Waals surface area contributed by atoms with Gasteiger partial charge in [-0.25, -0.2) is 0 Å². The third-order valence-corrected chi connectivity index (χ3v) is 5.44. The summed E-state index contributed by atoms with van der Waals surface area (Å²) >= 11 is 0. The van der Waals surface area contributed by atoms with Gasteiger partial charge < -0.3 is 5.32 Å². The topological polar surface area (TPSA) is 14.1 Å². The van der Waals surface area contributed by atoms with Crippen molar-refractivity contribution < 1.29 is 0 Å². The van der Waals surface area contributed by atoms with Gasteiger partial charge in [0.15, 0.2) is 0 Å². The van der Waals surface area contributed by atoms with Crippen LogP contribution in [0.1, 0.15) is 53.4 Å². The Labute approximate surface area is 107 Å². The van der Waals surface area contributed by atoms with Crippen LogP contribution < -0.4 is 0 Å². The number of nitrogens with zero attached hydrogens (tertiary/aromatic N) is 1. The largest absolute Gasteiger partial charge is 0.662 e. The van der Waals surface area contributed by atoms with Gasteiger partial charge in [0.25, 0.3) is 0 Å². The third kappa shape index (κ3) is 2.19. The zero-order valence-corrected chi connectivity index (χ0v) is 12.2. The second-order valence-electron chi connectivity index (χ2n) is 6.80. The summed E-state index contributed by atoms with van der Waals surface area (Å²) in [6.07, 6.45) is 7.87. The van der Waals surface area contributed by atoms with Gasteiger partial charge in [0.2, 0.25) is 0 Å². The Hall–Kier alpha value is -0.300. The number of hydrogen-bond acceptors (Lipinski definition) is 0. The van der Waals surface area contributed by atoms with Crippen molar-refractivity contribution in [3.63, 3.8) is 0 Å². The van der Waals surface area contributed by atoms with Gasteiger partial charge in [0, 0.05) is 0 Å². The molecule has 1 heteroatoms. The minimum atomic E-state index is 0.432. The number of fused-ring (bicyclic) bond motifs is 1. The summed E-state index contributed by atoms with van der Waals surface area (Å²) < 4.78 is 0. The maximum atomic E-state index is 4.72. The molecule has 1 saturated carbocycles. The van der Waals surface area contributed by atoms with Crippen LogP contribution in [-0.4, -0.2) is 13.1 Å². The Kier molecular flexibility index (Phi) is 3.68. The molecule has 98 valence electrons. The predicted octanol–water partition coefficient (Wildman–Crippen LogP) is 4.79. The molecule has 0 saturated heterocycles. The zero-order valence-electron chi connectivity index (χ0n) is 12.2. The summed E-state index contributed by atoms with van der Waals surface area (Å²) in [6, 6.07) is 0.574. The smallest absolute Gasteiger partial charge is 0.0160 e. The van der Waals surface area contributed by atoms with E-state index in [1.54, 1.807) is 5.57 Å².